The minimum absolute atomic E-state index is 0.340. The molecule has 1 aromatic heterocycles. The summed E-state index contributed by atoms with van der Waals surface area (Å²) in [5.74, 6) is 2.23. The zero-order valence-electron chi connectivity index (χ0n) is 13.0. The first-order valence-electron chi connectivity index (χ1n) is 7.00. The molecule has 1 saturated carbocycles. The van der Waals surface area contributed by atoms with E-state index in [1.807, 2.05) is 19.0 Å². The molecule has 0 aliphatic heterocycles. The van der Waals surface area contributed by atoms with E-state index in [9.17, 15) is 0 Å². The largest absolute Gasteiger partial charge is 0.479 e. The van der Waals surface area contributed by atoms with Gasteiger partial charge in [0.2, 0.25) is 5.88 Å². The van der Waals surface area contributed by atoms with Crippen molar-refractivity contribution in [2.24, 2.45) is 22.0 Å². The molecule has 1 aliphatic carbocycles. The molecule has 1 fully saturated rings. The van der Waals surface area contributed by atoms with Crippen molar-refractivity contribution in [3.63, 3.8) is 0 Å². The first-order valence-corrected chi connectivity index (χ1v) is 7.00. The third-order valence-electron chi connectivity index (χ3n) is 3.97. The Kier molecular flexibility index (Phi) is 4.85. The lowest BCUT2D eigenvalue weighted by molar-refractivity contribution is 0.267. The Morgan fingerprint density at radius 2 is 2.24 bits per heavy atom. The third-order valence-corrected chi connectivity index (χ3v) is 3.97. The van der Waals surface area contributed by atoms with Crippen molar-refractivity contribution >= 4 is 18.2 Å². The Labute approximate surface area is 125 Å². The first-order chi connectivity index (χ1) is 10.1. The minimum Gasteiger partial charge on any atom is -0.479 e. The van der Waals surface area contributed by atoms with Crippen molar-refractivity contribution in [3.8, 4) is 5.88 Å². The van der Waals surface area contributed by atoms with E-state index in [-0.39, 0.29) is 0 Å². The molecule has 1 aliphatic rings. The Morgan fingerprint density at radius 3 is 2.71 bits per heavy atom. The van der Waals surface area contributed by atoms with E-state index in [4.69, 9.17) is 4.74 Å². The van der Waals surface area contributed by atoms with Crippen molar-refractivity contribution < 1.29 is 4.74 Å². The summed E-state index contributed by atoms with van der Waals surface area (Å²) in [5, 5.41) is 9.82. The second-order valence-corrected chi connectivity index (χ2v) is 5.14. The van der Waals surface area contributed by atoms with Gasteiger partial charge in [-0.2, -0.15) is 10.1 Å². The van der Waals surface area contributed by atoms with Crippen LogP contribution in [0.1, 0.15) is 25.5 Å². The number of anilines is 1. The molecule has 7 heteroatoms. The number of hydrogen-bond acceptors (Lipinski definition) is 6. The third kappa shape index (κ3) is 2.87. The molecule has 0 saturated heterocycles. The van der Waals surface area contributed by atoms with Gasteiger partial charge in [-0.3, -0.25) is 5.01 Å². The molecule has 21 heavy (non-hydrogen) atoms. The highest BCUT2D eigenvalue weighted by atomic mass is 16.5. The maximum Gasteiger partial charge on any atom is 0.242 e. The molecule has 1 N–H and O–H groups in total. The van der Waals surface area contributed by atoms with Gasteiger partial charge in [-0.25, -0.2) is 10.4 Å². The van der Waals surface area contributed by atoms with Crippen molar-refractivity contribution in [1.82, 2.24) is 15.4 Å². The van der Waals surface area contributed by atoms with Crippen LogP contribution in [-0.4, -0.2) is 36.7 Å². The molecule has 114 valence electrons. The van der Waals surface area contributed by atoms with Crippen molar-refractivity contribution in [1.29, 1.82) is 0 Å². The van der Waals surface area contributed by atoms with Crippen LogP contribution in [0.2, 0.25) is 0 Å². The molecule has 2 rings (SSSR count). The lowest BCUT2D eigenvalue weighted by Crippen LogP contribution is -2.49. The maximum atomic E-state index is 5.36. The zero-order chi connectivity index (χ0) is 15.4. The molecule has 2 atom stereocenters. The van der Waals surface area contributed by atoms with Crippen LogP contribution in [0.25, 0.3) is 0 Å². The molecule has 0 bridgehead atoms. The van der Waals surface area contributed by atoms with Crippen LogP contribution in [0, 0.1) is 18.8 Å². The Balaban J connectivity index is 2.46. The Hall–Kier alpha value is -2.02. The number of aryl methyl sites for hydroxylation is 1. The van der Waals surface area contributed by atoms with E-state index in [0.29, 0.717) is 17.7 Å². The highest BCUT2D eigenvalue weighted by Gasteiger charge is 2.36. The van der Waals surface area contributed by atoms with Gasteiger partial charge in [0, 0.05) is 19.7 Å². The van der Waals surface area contributed by atoms with Crippen molar-refractivity contribution in [3.05, 3.63) is 12.0 Å². The van der Waals surface area contributed by atoms with E-state index >= 15 is 0 Å². The summed E-state index contributed by atoms with van der Waals surface area (Å²) in [7, 11) is 3.42. The molecule has 0 amide bonds. The summed E-state index contributed by atoms with van der Waals surface area (Å²) in [6.07, 6.45) is 3.77. The van der Waals surface area contributed by atoms with Crippen LogP contribution < -0.4 is 15.2 Å². The molecule has 1 aromatic rings. The summed E-state index contributed by atoms with van der Waals surface area (Å²) >= 11 is 0. The quantitative estimate of drug-likeness (QED) is 0.508. The van der Waals surface area contributed by atoms with Gasteiger partial charge in [-0.15, -0.1) is 5.10 Å². The molecule has 1 heterocycles. The number of hydrogen-bond donors (Lipinski definition) is 1. The van der Waals surface area contributed by atoms with E-state index in [0.717, 1.165) is 23.6 Å². The van der Waals surface area contributed by atoms with Crippen LogP contribution in [0.5, 0.6) is 5.88 Å². The Bertz CT molecular complexity index is 544. The molecular weight excluding hydrogens is 268 g/mol. The average molecular weight is 290 g/mol. The average Bonchev–Trinajstić information content (AvgIpc) is 2.48. The van der Waals surface area contributed by atoms with Gasteiger partial charge in [0.05, 0.1) is 12.8 Å². The van der Waals surface area contributed by atoms with Gasteiger partial charge in [0.15, 0.2) is 0 Å². The SMILES string of the molecule is C=N/N=C(/C1CCC1C)N(NC)c1c(C)ncnc1OC. The van der Waals surface area contributed by atoms with Crippen molar-refractivity contribution in [2.75, 3.05) is 19.2 Å². The van der Waals surface area contributed by atoms with Crippen LogP contribution in [0.3, 0.4) is 0 Å². The van der Waals surface area contributed by atoms with Crippen LogP contribution in [0.15, 0.2) is 16.5 Å². The monoisotopic (exact) mass is 290 g/mol. The fraction of sp³-hybridized carbons (Fsp3) is 0.571. The molecule has 0 aromatic carbocycles. The van der Waals surface area contributed by atoms with E-state index in [1.165, 1.54) is 12.7 Å². The number of nitrogens with zero attached hydrogens (tertiary/aromatic N) is 5. The molecule has 0 radical (unpaired) electrons. The van der Waals surface area contributed by atoms with Gasteiger partial charge in [-0.1, -0.05) is 6.92 Å². The van der Waals surface area contributed by atoms with Crippen LogP contribution in [0.4, 0.5) is 5.69 Å². The minimum atomic E-state index is 0.340. The fourth-order valence-corrected chi connectivity index (χ4v) is 2.60. The van der Waals surface area contributed by atoms with Crippen LogP contribution in [-0.2, 0) is 0 Å². The van der Waals surface area contributed by atoms with Gasteiger partial charge in [-0.05, 0) is 25.7 Å². The summed E-state index contributed by atoms with van der Waals surface area (Å²) in [4.78, 5) is 8.42. The van der Waals surface area contributed by atoms with Gasteiger partial charge >= 0.3 is 0 Å². The number of rotatable bonds is 5. The van der Waals surface area contributed by atoms with Gasteiger partial charge < -0.3 is 4.74 Å². The van der Waals surface area contributed by atoms with Crippen molar-refractivity contribution in [2.45, 2.75) is 26.7 Å². The standard InChI is InChI=1S/C14H22N6O/c1-9-6-7-11(9)13(19-15-3)20(16-4)12-10(2)17-8-18-14(12)21-5/h8-9,11,16H,3,6-7H2,1-2,4-5H3/b19-13-. The first kappa shape index (κ1) is 15.4. The lowest BCUT2D eigenvalue weighted by atomic mass is 9.74. The predicted molar refractivity (Wildman–Crippen MR) is 83.7 cm³/mol. The number of methoxy groups -OCH3 is 1. The second-order valence-electron chi connectivity index (χ2n) is 5.14. The van der Waals surface area contributed by atoms with Gasteiger partial charge in [0.1, 0.15) is 17.9 Å². The van der Waals surface area contributed by atoms with E-state index in [1.54, 1.807) is 7.11 Å². The van der Waals surface area contributed by atoms with E-state index < -0.39 is 0 Å². The molecular formula is C14H22N6O. The number of aromatic nitrogens is 2. The zero-order valence-corrected chi connectivity index (χ0v) is 13.0. The molecule has 0 spiro atoms. The summed E-state index contributed by atoms with van der Waals surface area (Å²) in [5.41, 5.74) is 4.70. The van der Waals surface area contributed by atoms with Crippen LogP contribution >= 0.6 is 0 Å². The predicted octanol–water partition coefficient (Wildman–Crippen LogP) is 1.79. The highest BCUT2D eigenvalue weighted by Crippen LogP contribution is 2.38. The second kappa shape index (κ2) is 6.62. The Morgan fingerprint density at radius 1 is 1.48 bits per heavy atom. The number of hydrazine groups is 1. The number of ether oxygens (including phenoxy) is 1. The topological polar surface area (TPSA) is 75.0 Å². The summed E-state index contributed by atoms with van der Waals surface area (Å²) < 4.78 is 5.36. The fourth-order valence-electron chi connectivity index (χ4n) is 2.60. The summed E-state index contributed by atoms with van der Waals surface area (Å²) in [6.45, 7) is 7.61. The summed E-state index contributed by atoms with van der Waals surface area (Å²) in [6, 6.07) is 0. The van der Waals surface area contributed by atoms with E-state index in [2.05, 4.69) is 39.2 Å². The normalized spacial score (nSPS) is 21.6. The van der Waals surface area contributed by atoms with Gasteiger partial charge in [0.25, 0.3) is 0 Å². The maximum absolute atomic E-state index is 5.36. The highest BCUT2D eigenvalue weighted by molar-refractivity contribution is 6.00. The molecule has 2 unspecified atom stereocenters. The smallest absolute Gasteiger partial charge is 0.242 e. The lowest BCUT2D eigenvalue weighted by Gasteiger charge is -2.39. The molecule has 7 nitrogen and oxygen atoms in total. The number of nitrogens with one attached hydrogen (secondary N) is 1. The number of amidine groups is 1.